The molecule has 3 unspecified atom stereocenters. The second-order valence-corrected chi connectivity index (χ2v) is 5.78. The summed E-state index contributed by atoms with van der Waals surface area (Å²) in [6.45, 7) is 0.856. The van der Waals surface area contributed by atoms with E-state index in [9.17, 15) is 4.79 Å². The Labute approximate surface area is 89.4 Å². The van der Waals surface area contributed by atoms with E-state index in [-0.39, 0.29) is 27.8 Å². The second-order valence-electron chi connectivity index (χ2n) is 4.10. The molecule has 4 nitrogen and oxygen atoms in total. The molecule has 0 aromatic rings. The van der Waals surface area contributed by atoms with Crippen molar-refractivity contribution < 1.29 is 14.6 Å². The van der Waals surface area contributed by atoms with E-state index in [1.54, 1.807) is 4.90 Å². The average molecular weight is 295 g/mol. The molecule has 3 aliphatic rings. The smallest absolute Gasteiger partial charge is 0.231 e. The lowest BCUT2D eigenvalue weighted by Crippen LogP contribution is -2.56. The van der Waals surface area contributed by atoms with E-state index < -0.39 is 0 Å². The molecule has 72 valence electrons. The Morgan fingerprint density at radius 3 is 3.00 bits per heavy atom. The Kier molecular flexibility index (Phi) is 1.42. The summed E-state index contributed by atoms with van der Waals surface area (Å²) in [7, 11) is 0. The first-order valence-corrected chi connectivity index (χ1v) is 5.48. The predicted octanol–water partition coefficient (Wildman–Crippen LogP) is 0.0887. The van der Waals surface area contributed by atoms with Gasteiger partial charge >= 0.3 is 0 Å². The topological polar surface area (TPSA) is 49.8 Å². The number of β-lactam (4-membered cyclic amide) rings is 1. The van der Waals surface area contributed by atoms with Gasteiger partial charge in [0.1, 0.15) is 0 Å². The molecule has 2 saturated heterocycles. The number of aliphatic hydroxyl groups excluding tert-OH is 1. The fraction of sp³-hybridized carbons (Fsp3) is 0.875. The molecule has 5 heteroatoms. The fourth-order valence-electron chi connectivity index (χ4n) is 2.29. The minimum atomic E-state index is -0.376. The van der Waals surface area contributed by atoms with Crippen molar-refractivity contribution in [1.82, 2.24) is 4.90 Å². The lowest BCUT2D eigenvalue weighted by atomic mass is 10.2. The summed E-state index contributed by atoms with van der Waals surface area (Å²) in [5.41, 5.74) is -0.192. The van der Waals surface area contributed by atoms with E-state index in [1.807, 2.05) is 0 Å². The maximum absolute atomic E-state index is 11.2. The highest BCUT2D eigenvalue weighted by molar-refractivity contribution is 14.1. The molecular formula is C8H10INO3. The third-order valence-corrected chi connectivity index (χ3v) is 4.44. The number of nitrogens with zero attached hydrogens (tertiary/aromatic N) is 1. The number of alkyl halides is 1. The van der Waals surface area contributed by atoms with Crippen LogP contribution in [-0.2, 0) is 9.53 Å². The molecule has 2 heterocycles. The molecule has 0 radical (unpaired) electrons. The largest absolute Gasteiger partial charge is 0.396 e. The van der Waals surface area contributed by atoms with Crippen LogP contribution < -0.4 is 0 Å². The highest BCUT2D eigenvalue weighted by Crippen LogP contribution is 2.60. The van der Waals surface area contributed by atoms with Crippen molar-refractivity contribution in [3.05, 3.63) is 0 Å². The van der Waals surface area contributed by atoms with Crippen LogP contribution >= 0.6 is 22.6 Å². The van der Waals surface area contributed by atoms with E-state index >= 15 is 0 Å². The fourth-order valence-corrected chi connectivity index (χ4v) is 3.49. The SMILES string of the molecule is O=C1CC2(I)OC3(CC3CO)CN12. The zero-order valence-electron chi connectivity index (χ0n) is 6.99. The van der Waals surface area contributed by atoms with E-state index in [2.05, 4.69) is 22.6 Å². The van der Waals surface area contributed by atoms with E-state index in [0.717, 1.165) is 6.42 Å². The first-order valence-electron chi connectivity index (χ1n) is 4.40. The third kappa shape index (κ3) is 0.901. The minimum Gasteiger partial charge on any atom is -0.396 e. The van der Waals surface area contributed by atoms with Gasteiger partial charge in [-0.05, 0) is 29.0 Å². The Morgan fingerprint density at radius 1 is 1.77 bits per heavy atom. The van der Waals surface area contributed by atoms with Crippen molar-refractivity contribution in [2.75, 3.05) is 13.2 Å². The number of ether oxygens (including phenoxy) is 1. The van der Waals surface area contributed by atoms with Gasteiger partial charge in [-0.1, -0.05) is 0 Å². The molecule has 0 aromatic carbocycles. The lowest BCUT2D eigenvalue weighted by Gasteiger charge is -2.40. The third-order valence-electron chi connectivity index (χ3n) is 3.25. The molecule has 1 aliphatic carbocycles. The normalized spacial score (nSPS) is 52.3. The van der Waals surface area contributed by atoms with Crippen LogP contribution in [0.3, 0.4) is 0 Å². The number of rotatable bonds is 1. The summed E-state index contributed by atoms with van der Waals surface area (Å²) in [4.78, 5) is 13.0. The second kappa shape index (κ2) is 2.20. The van der Waals surface area contributed by atoms with E-state index in [1.165, 1.54) is 0 Å². The molecule has 1 saturated carbocycles. The van der Waals surface area contributed by atoms with Crippen LogP contribution in [-0.4, -0.2) is 38.4 Å². The Balaban J connectivity index is 1.82. The Bertz CT molecular complexity index is 297. The van der Waals surface area contributed by atoms with Crippen molar-refractivity contribution in [1.29, 1.82) is 0 Å². The summed E-state index contributed by atoms with van der Waals surface area (Å²) < 4.78 is 5.48. The number of carbonyl (C=O) groups excluding carboxylic acids is 1. The molecule has 2 aliphatic heterocycles. The van der Waals surface area contributed by atoms with Crippen molar-refractivity contribution in [2.24, 2.45) is 5.92 Å². The molecular weight excluding hydrogens is 285 g/mol. The monoisotopic (exact) mass is 295 g/mol. The average Bonchev–Trinajstić information content (AvgIpc) is 2.68. The maximum atomic E-state index is 11.2. The van der Waals surface area contributed by atoms with Gasteiger partial charge in [0.2, 0.25) is 9.64 Å². The standard InChI is InChI=1S/C8H10INO3/c9-8-2-6(12)10(8)4-7(13-8)1-5(7)3-11/h5,11H,1-4H2. The van der Waals surface area contributed by atoms with Crippen LogP contribution in [0.1, 0.15) is 12.8 Å². The Hall–Kier alpha value is 0.120. The highest BCUT2D eigenvalue weighted by Gasteiger charge is 2.70. The molecule has 1 spiro atoms. The number of amides is 1. The quantitative estimate of drug-likeness (QED) is 0.323. The van der Waals surface area contributed by atoms with E-state index in [0.29, 0.717) is 13.0 Å². The van der Waals surface area contributed by atoms with Crippen LogP contribution in [0.25, 0.3) is 0 Å². The predicted molar refractivity (Wildman–Crippen MR) is 52.1 cm³/mol. The molecule has 0 bridgehead atoms. The zero-order valence-corrected chi connectivity index (χ0v) is 9.15. The van der Waals surface area contributed by atoms with Crippen molar-refractivity contribution in [2.45, 2.75) is 22.2 Å². The highest BCUT2D eigenvalue weighted by atomic mass is 127. The molecule has 13 heavy (non-hydrogen) atoms. The molecule has 1 amide bonds. The Morgan fingerprint density at radius 2 is 2.54 bits per heavy atom. The summed E-state index contributed by atoms with van der Waals surface area (Å²) in [5.74, 6) is 0.424. The van der Waals surface area contributed by atoms with Crippen molar-refractivity contribution in [3.63, 3.8) is 0 Å². The number of aliphatic hydroxyl groups is 1. The molecule has 3 rings (SSSR count). The lowest BCUT2D eigenvalue weighted by molar-refractivity contribution is -0.160. The number of hydrogen-bond donors (Lipinski definition) is 1. The first-order chi connectivity index (χ1) is 6.10. The van der Waals surface area contributed by atoms with Crippen LogP contribution in [0.15, 0.2) is 0 Å². The van der Waals surface area contributed by atoms with Crippen LogP contribution in [0.4, 0.5) is 0 Å². The van der Waals surface area contributed by atoms with Crippen molar-refractivity contribution >= 4 is 28.5 Å². The van der Waals surface area contributed by atoms with Gasteiger partial charge < -0.3 is 14.7 Å². The molecule has 1 N–H and O–H groups in total. The number of carbonyl (C=O) groups is 1. The summed E-state index contributed by atoms with van der Waals surface area (Å²) >= 11 is 2.19. The van der Waals surface area contributed by atoms with Crippen molar-refractivity contribution in [3.8, 4) is 0 Å². The molecule has 3 atom stereocenters. The van der Waals surface area contributed by atoms with Gasteiger partial charge in [0.05, 0.1) is 18.6 Å². The maximum Gasteiger partial charge on any atom is 0.231 e. The minimum absolute atomic E-state index is 0.175. The van der Waals surface area contributed by atoms with Gasteiger partial charge in [-0.3, -0.25) is 4.79 Å². The number of fused-ring (bicyclic) bond motifs is 1. The molecule has 3 fully saturated rings. The van der Waals surface area contributed by atoms with Crippen LogP contribution in [0, 0.1) is 5.92 Å². The van der Waals surface area contributed by atoms with Gasteiger partial charge in [-0.2, -0.15) is 0 Å². The van der Waals surface area contributed by atoms with E-state index in [4.69, 9.17) is 9.84 Å². The van der Waals surface area contributed by atoms with Gasteiger partial charge in [0.25, 0.3) is 0 Å². The number of hydrogen-bond acceptors (Lipinski definition) is 3. The van der Waals surface area contributed by atoms with Gasteiger partial charge in [-0.15, -0.1) is 0 Å². The van der Waals surface area contributed by atoms with Gasteiger partial charge in [0, 0.05) is 12.5 Å². The van der Waals surface area contributed by atoms with Gasteiger partial charge in [0.15, 0.2) is 0 Å². The molecule has 0 aromatic heterocycles. The first kappa shape index (κ1) is 8.43. The summed E-state index contributed by atoms with van der Waals surface area (Å²) in [6.07, 6.45) is 1.39. The zero-order chi connectivity index (χ0) is 9.27. The van der Waals surface area contributed by atoms with Crippen LogP contribution in [0.2, 0.25) is 0 Å². The summed E-state index contributed by atoms with van der Waals surface area (Å²) in [6, 6.07) is 0. The van der Waals surface area contributed by atoms with Gasteiger partial charge in [-0.25, -0.2) is 0 Å². The summed E-state index contributed by atoms with van der Waals surface area (Å²) in [5, 5.41) is 8.99. The van der Waals surface area contributed by atoms with Crippen LogP contribution in [0.5, 0.6) is 0 Å². The number of halogens is 1.